The van der Waals surface area contributed by atoms with Crippen LogP contribution in [0, 0.1) is 5.92 Å². The zero-order chi connectivity index (χ0) is 18.8. The summed E-state index contributed by atoms with van der Waals surface area (Å²) in [6.45, 7) is 6.77. The van der Waals surface area contributed by atoms with E-state index < -0.39 is 0 Å². The van der Waals surface area contributed by atoms with Crippen molar-refractivity contribution in [3.05, 3.63) is 42.6 Å². The molecule has 4 heteroatoms. The number of ether oxygens (including phenoxy) is 2. The molecule has 0 bridgehead atoms. The molecule has 0 aliphatic carbocycles. The van der Waals surface area contributed by atoms with Gasteiger partial charge in [0.25, 0.3) is 0 Å². The first-order chi connectivity index (χ1) is 12.6. The maximum absolute atomic E-state index is 11.8. The second-order valence-electron chi connectivity index (χ2n) is 6.54. The van der Waals surface area contributed by atoms with Crippen molar-refractivity contribution in [1.29, 1.82) is 0 Å². The van der Waals surface area contributed by atoms with E-state index in [9.17, 15) is 4.79 Å². The molecule has 2 rings (SSSR count). The molecule has 1 unspecified atom stereocenters. The van der Waals surface area contributed by atoms with Crippen molar-refractivity contribution in [1.82, 2.24) is 4.98 Å². The van der Waals surface area contributed by atoms with E-state index >= 15 is 0 Å². The first-order valence-corrected chi connectivity index (χ1v) is 9.55. The molecule has 0 saturated heterocycles. The third kappa shape index (κ3) is 6.17. The van der Waals surface area contributed by atoms with Crippen LogP contribution in [0.15, 0.2) is 42.6 Å². The molecule has 0 amide bonds. The minimum Gasteiger partial charge on any atom is -0.492 e. The number of carbonyl (C=O) groups is 1. The van der Waals surface area contributed by atoms with Crippen LogP contribution in [-0.2, 0) is 4.79 Å². The van der Waals surface area contributed by atoms with Crippen molar-refractivity contribution in [2.45, 2.75) is 52.9 Å². The fourth-order valence-electron chi connectivity index (χ4n) is 2.43. The predicted octanol–water partition coefficient (Wildman–Crippen LogP) is 5.66. The van der Waals surface area contributed by atoms with Crippen molar-refractivity contribution >= 4 is 5.97 Å². The monoisotopic (exact) mass is 355 g/mol. The van der Waals surface area contributed by atoms with E-state index in [0.717, 1.165) is 36.5 Å². The molecular formula is C22H29NO3. The summed E-state index contributed by atoms with van der Waals surface area (Å²) in [6.07, 6.45) is 7.29. The second-order valence-corrected chi connectivity index (χ2v) is 6.54. The van der Waals surface area contributed by atoms with E-state index in [4.69, 9.17) is 9.47 Å². The third-order valence-corrected chi connectivity index (χ3v) is 4.39. The lowest BCUT2D eigenvalue weighted by molar-refractivity contribution is -0.138. The molecule has 2 aromatic rings. The SMILES string of the molecule is CCCCCCOc1ccc(-c2ccc(OC(=O)C(C)CC)cc2)nc1. The first kappa shape index (κ1) is 20.0. The molecule has 1 atom stereocenters. The Labute approximate surface area is 156 Å². The molecule has 140 valence electrons. The maximum atomic E-state index is 11.8. The molecule has 0 aliphatic rings. The number of hydrogen-bond donors (Lipinski definition) is 0. The van der Waals surface area contributed by atoms with E-state index in [0.29, 0.717) is 5.75 Å². The van der Waals surface area contributed by atoms with Crippen LogP contribution in [0.25, 0.3) is 11.3 Å². The minimum atomic E-state index is -0.196. The number of unbranched alkanes of at least 4 members (excludes halogenated alkanes) is 3. The number of aromatic nitrogens is 1. The van der Waals surface area contributed by atoms with Crippen LogP contribution in [0.2, 0.25) is 0 Å². The van der Waals surface area contributed by atoms with Gasteiger partial charge in [0.1, 0.15) is 11.5 Å². The van der Waals surface area contributed by atoms with Crippen LogP contribution < -0.4 is 9.47 Å². The number of rotatable bonds is 10. The molecule has 0 fully saturated rings. The van der Waals surface area contributed by atoms with E-state index in [-0.39, 0.29) is 11.9 Å². The lowest BCUT2D eigenvalue weighted by Crippen LogP contribution is -2.16. The van der Waals surface area contributed by atoms with Gasteiger partial charge in [0.2, 0.25) is 0 Å². The van der Waals surface area contributed by atoms with Crippen molar-refractivity contribution < 1.29 is 14.3 Å². The largest absolute Gasteiger partial charge is 0.492 e. The van der Waals surface area contributed by atoms with Gasteiger partial charge in [0, 0.05) is 5.56 Å². The van der Waals surface area contributed by atoms with Gasteiger partial charge in [-0.3, -0.25) is 9.78 Å². The summed E-state index contributed by atoms with van der Waals surface area (Å²) in [5, 5.41) is 0. The van der Waals surface area contributed by atoms with E-state index in [1.165, 1.54) is 19.3 Å². The number of hydrogen-bond acceptors (Lipinski definition) is 4. The lowest BCUT2D eigenvalue weighted by atomic mass is 10.1. The van der Waals surface area contributed by atoms with E-state index in [1.807, 2.05) is 38.1 Å². The molecule has 0 saturated carbocycles. The molecule has 0 spiro atoms. The van der Waals surface area contributed by atoms with Crippen LogP contribution in [0.1, 0.15) is 52.9 Å². The maximum Gasteiger partial charge on any atom is 0.314 e. The standard InChI is InChI=1S/C22H29NO3/c1-4-6-7-8-15-25-20-13-14-21(23-16-20)18-9-11-19(12-10-18)26-22(24)17(3)5-2/h9-14,16-17H,4-8,15H2,1-3H3. The number of nitrogens with zero attached hydrogens (tertiary/aromatic N) is 1. The zero-order valence-electron chi connectivity index (χ0n) is 16.0. The Morgan fingerprint density at radius 2 is 1.73 bits per heavy atom. The fraction of sp³-hybridized carbons (Fsp3) is 0.455. The molecule has 0 radical (unpaired) electrons. The number of esters is 1. The van der Waals surface area contributed by atoms with Gasteiger partial charge in [0.15, 0.2) is 0 Å². The van der Waals surface area contributed by atoms with Crippen LogP contribution in [0.5, 0.6) is 11.5 Å². The van der Waals surface area contributed by atoms with Gasteiger partial charge >= 0.3 is 5.97 Å². The summed E-state index contributed by atoms with van der Waals surface area (Å²) in [5.41, 5.74) is 1.84. The summed E-state index contributed by atoms with van der Waals surface area (Å²) in [4.78, 5) is 16.3. The number of pyridine rings is 1. The third-order valence-electron chi connectivity index (χ3n) is 4.39. The Bertz CT molecular complexity index is 665. The highest BCUT2D eigenvalue weighted by molar-refractivity contribution is 5.75. The fourth-order valence-corrected chi connectivity index (χ4v) is 2.43. The van der Waals surface area contributed by atoms with Gasteiger partial charge in [0.05, 0.1) is 24.4 Å². The Morgan fingerprint density at radius 3 is 2.35 bits per heavy atom. The number of carbonyl (C=O) groups excluding carboxylic acids is 1. The normalized spacial score (nSPS) is 11.8. The first-order valence-electron chi connectivity index (χ1n) is 9.55. The van der Waals surface area contributed by atoms with Crippen molar-refractivity contribution in [3.8, 4) is 22.8 Å². The summed E-state index contributed by atoms with van der Waals surface area (Å²) in [7, 11) is 0. The summed E-state index contributed by atoms with van der Waals surface area (Å²) < 4.78 is 11.1. The van der Waals surface area contributed by atoms with Gasteiger partial charge < -0.3 is 9.47 Å². The Hall–Kier alpha value is -2.36. The number of benzene rings is 1. The molecule has 1 heterocycles. The van der Waals surface area contributed by atoms with Crippen LogP contribution in [0.3, 0.4) is 0 Å². The van der Waals surface area contributed by atoms with Crippen molar-refractivity contribution in [2.24, 2.45) is 5.92 Å². The molecular weight excluding hydrogens is 326 g/mol. The van der Waals surface area contributed by atoms with Gasteiger partial charge in [-0.2, -0.15) is 0 Å². The average molecular weight is 355 g/mol. The molecule has 0 aliphatic heterocycles. The molecule has 4 nitrogen and oxygen atoms in total. The second kappa shape index (κ2) is 10.6. The smallest absolute Gasteiger partial charge is 0.314 e. The van der Waals surface area contributed by atoms with Crippen LogP contribution >= 0.6 is 0 Å². The predicted molar refractivity (Wildman–Crippen MR) is 104 cm³/mol. The summed E-state index contributed by atoms with van der Waals surface area (Å²) >= 11 is 0. The van der Waals surface area contributed by atoms with Gasteiger partial charge in [-0.15, -0.1) is 0 Å². The van der Waals surface area contributed by atoms with Crippen LogP contribution in [0.4, 0.5) is 0 Å². The topological polar surface area (TPSA) is 48.4 Å². The Kier molecular flexibility index (Phi) is 8.13. The summed E-state index contributed by atoms with van der Waals surface area (Å²) in [6, 6.07) is 11.3. The van der Waals surface area contributed by atoms with E-state index in [2.05, 4.69) is 11.9 Å². The average Bonchev–Trinajstić information content (AvgIpc) is 2.68. The highest BCUT2D eigenvalue weighted by Crippen LogP contribution is 2.23. The van der Waals surface area contributed by atoms with E-state index in [1.54, 1.807) is 18.3 Å². The molecule has 1 aromatic carbocycles. The Balaban J connectivity index is 1.89. The molecule has 26 heavy (non-hydrogen) atoms. The molecule has 0 N–H and O–H groups in total. The molecule has 1 aromatic heterocycles. The quantitative estimate of drug-likeness (QED) is 0.313. The van der Waals surface area contributed by atoms with Crippen LogP contribution in [-0.4, -0.2) is 17.6 Å². The summed E-state index contributed by atoms with van der Waals surface area (Å²) in [5.74, 6) is 1.07. The van der Waals surface area contributed by atoms with Gasteiger partial charge in [-0.05, 0) is 49.2 Å². The highest BCUT2D eigenvalue weighted by atomic mass is 16.5. The van der Waals surface area contributed by atoms with Crippen molar-refractivity contribution in [2.75, 3.05) is 6.61 Å². The van der Waals surface area contributed by atoms with Gasteiger partial charge in [-0.25, -0.2) is 0 Å². The Morgan fingerprint density at radius 1 is 1.00 bits per heavy atom. The lowest BCUT2D eigenvalue weighted by Gasteiger charge is -2.09. The zero-order valence-corrected chi connectivity index (χ0v) is 16.0. The van der Waals surface area contributed by atoms with Crippen molar-refractivity contribution in [3.63, 3.8) is 0 Å². The van der Waals surface area contributed by atoms with Gasteiger partial charge in [-0.1, -0.05) is 40.0 Å². The minimum absolute atomic E-state index is 0.0918. The highest BCUT2D eigenvalue weighted by Gasteiger charge is 2.13.